The molecule has 0 radical (unpaired) electrons. The third kappa shape index (κ3) is 3.65. The molecule has 0 spiro atoms. The molecule has 0 aliphatic rings. The summed E-state index contributed by atoms with van der Waals surface area (Å²) in [5, 5.41) is 23.8. The van der Waals surface area contributed by atoms with Gasteiger partial charge in [-0.1, -0.05) is 5.21 Å². The molecule has 0 aromatic carbocycles. The molecule has 17 heavy (non-hydrogen) atoms. The highest BCUT2D eigenvalue weighted by Crippen LogP contribution is 1.96. The molecule has 7 nitrogen and oxygen atoms in total. The van der Waals surface area contributed by atoms with Crippen LogP contribution in [-0.4, -0.2) is 43.0 Å². The highest BCUT2D eigenvalue weighted by molar-refractivity contribution is 5.03. The van der Waals surface area contributed by atoms with E-state index in [1.54, 1.807) is 21.8 Å². The van der Waals surface area contributed by atoms with Crippen LogP contribution in [0.4, 0.5) is 0 Å². The SMILES string of the molecule is OCCn1cc(CNCCn2ccnn2)cn1. The Balaban J connectivity index is 1.67. The maximum absolute atomic E-state index is 8.76. The van der Waals surface area contributed by atoms with Crippen LogP contribution in [0.3, 0.4) is 0 Å². The van der Waals surface area contributed by atoms with E-state index in [9.17, 15) is 0 Å². The van der Waals surface area contributed by atoms with Gasteiger partial charge in [0.25, 0.3) is 0 Å². The molecule has 0 amide bonds. The van der Waals surface area contributed by atoms with Gasteiger partial charge in [-0.3, -0.25) is 9.36 Å². The second kappa shape index (κ2) is 6.12. The monoisotopic (exact) mass is 236 g/mol. The summed E-state index contributed by atoms with van der Waals surface area (Å²) in [4.78, 5) is 0. The van der Waals surface area contributed by atoms with E-state index in [1.165, 1.54) is 0 Å². The van der Waals surface area contributed by atoms with Crippen molar-refractivity contribution in [1.82, 2.24) is 30.1 Å². The smallest absolute Gasteiger partial charge is 0.0692 e. The van der Waals surface area contributed by atoms with Crippen LogP contribution in [0.2, 0.25) is 0 Å². The lowest BCUT2D eigenvalue weighted by Crippen LogP contribution is -2.19. The van der Waals surface area contributed by atoms with E-state index in [1.807, 2.05) is 12.4 Å². The summed E-state index contributed by atoms with van der Waals surface area (Å²) in [5.74, 6) is 0. The first-order chi connectivity index (χ1) is 8.38. The van der Waals surface area contributed by atoms with E-state index in [-0.39, 0.29) is 6.61 Å². The Morgan fingerprint density at radius 3 is 3.00 bits per heavy atom. The summed E-state index contributed by atoms with van der Waals surface area (Å²) < 4.78 is 3.51. The van der Waals surface area contributed by atoms with Gasteiger partial charge in [-0.25, -0.2) is 0 Å². The van der Waals surface area contributed by atoms with Gasteiger partial charge in [-0.05, 0) is 0 Å². The number of hydrogen-bond acceptors (Lipinski definition) is 5. The molecule has 0 aliphatic carbocycles. The van der Waals surface area contributed by atoms with E-state index in [0.717, 1.165) is 25.2 Å². The normalized spacial score (nSPS) is 10.9. The second-order valence-corrected chi connectivity index (χ2v) is 3.68. The summed E-state index contributed by atoms with van der Waals surface area (Å²) in [7, 11) is 0. The van der Waals surface area contributed by atoms with Crippen LogP contribution in [-0.2, 0) is 19.6 Å². The molecular formula is C10H16N6O. The number of rotatable bonds is 7. The molecule has 2 N–H and O–H groups in total. The standard InChI is InChI=1S/C10H16N6O/c17-6-5-16-9-10(8-13-16)7-11-1-3-15-4-2-12-14-15/h2,4,8-9,11,17H,1,3,5-7H2. The predicted molar refractivity (Wildman–Crippen MR) is 61.0 cm³/mol. The largest absolute Gasteiger partial charge is 0.394 e. The number of nitrogens with zero attached hydrogens (tertiary/aromatic N) is 5. The van der Waals surface area contributed by atoms with E-state index < -0.39 is 0 Å². The van der Waals surface area contributed by atoms with Gasteiger partial charge in [0, 0.05) is 31.0 Å². The highest BCUT2D eigenvalue weighted by atomic mass is 16.3. The summed E-state index contributed by atoms with van der Waals surface area (Å²) in [5.41, 5.74) is 1.11. The van der Waals surface area contributed by atoms with Crippen LogP contribution in [0.5, 0.6) is 0 Å². The van der Waals surface area contributed by atoms with Crippen molar-refractivity contribution in [3.8, 4) is 0 Å². The summed E-state index contributed by atoms with van der Waals surface area (Å²) in [6, 6.07) is 0. The Kier molecular flexibility index (Phi) is 4.23. The average Bonchev–Trinajstić information content (AvgIpc) is 2.96. The van der Waals surface area contributed by atoms with E-state index in [0.29, 0.717) is 6.54 Å². The first-order valence-electron chi connectivity index (χ1n) is 5.55. The van der Waals surface area contributed by atoms with Gasteiger partial charge in [0.05, 0.1) is 32.1 Å². The topological polar surface area (TPSA) is 80.8 Å². The molecule has 0 aliphatic heterocycles. The summed E-state index contributed by atoms with van der Waals surface area (Å²) in [6.45, 7) is 3.04. The van der Waals surface area contributed by atoms with E-state index in [4.69, 9.17) is 5.11 Å². The van der Waals surface area contributed by atoms with Gasteiger partial charge in [0.15, 0.2) is 0 Å². The highest BCUT2D eigenvalue weighted by Gasteiger charge is 1.98. The van der Waals surface area contributed by atoms with Crippen LogP contribution in [0.25, 0.3) is 0 Å². The minimum absolute atomic E-state index is 0.112. The van der Waals surface area contributed by atoms with Gasteiger partial charge in [0.2, 0.25) is 0 Å². The fraction of sp³-hybridized carbons (Fsp3) is 0.500. The zero-order valence-corrected chi connectivity index (χ0v) is 9.53. The number of aromatic nitrogens is 5. The molecule has 0 bridgehead atoms. The van der Waals surface area contributed by atoms with Crippen molar-refractivity contribution in [2.75, 3.05) is 13.2 Å². The predicted octanol–water partition coefficient (Wildman–Crippen LogP) is -0.743. The molecule has 0 saturated heterocycles. The molecule has 2 aromatic heterocycles. The minimum Gasteiger partial charge on any atom is -0.394 e. The number of hydrogen-bond donors (Lipinski definition) is 2. The van der Waals surface area contributed by atoms with Crippen LogP contribution in [0.1, 0.15) is 5.56 Å². The lowest BCUT2D eigenvalue weighted by Gasteiger charge is -2.02. The summed E-state index contributed by atoms with van der Waals surface area (Å²) in [6.07, 6.45) is 7.23. The van der Waals surface area contributed by atoms with Crippen molar-refractivity contribution < 1.29 is 5.11 Å². The van der Waals surface area contributed by atoms with E-state index in [2.05, 4.69) is 20.7 Å². The molecule has 0 atom stereocenters. The summed E-state index contributed by atoms with van der Waals surface area (Å²) >= 11 is 0. The van der Waals surface area contributed by atoms with Crippen molar-refractivity contribution in [3.05, 3.63) is 30.4 Å². The van der Waals surface area contributed by atoms with Crippen LogP contribution in [0, 0.1) is 0 Å². The minimum atomic E-state index is 0.112. The first-order valence-corrected chi connectivity index (χ1v) is 5.55. The quantitative estimate of drug-likeness (QED) is 0.619. The maximum atomic E-state index is 8.76. The molecule has 2 heterocycles. The molecular weight excluding hydrogens is 220 g/mol. The first kappa shape index (κ1) is 11.7. The Bertz CT molecular complexity index is 424. The van der Waals surface area contributed by atoms with Gasteiger partial charge in [-0.15, -0.1) is 5.10 Å². The Morgan fingerprint density at radius 2 is 2.24 bits per heavy atom. The van der Waals surface area contributed by atoms with Gasteiger partial charge in [-0.2, -0.15) is 5.10 Å². The van der Waals surface area contributed by atoms with Crippen molar-refractivity contribution >= 4 is 0 Å². The molecule has 0 unspecified atom stereocenters. The van der Waals surface area contributed by atoms with Gasteiger partial charge >= 0.3 is 0 Å². The maximum Gasteiger partial charge on any atom is 0.0692 e. The van der Waals surface area contributed by atoms with Crippen LogP contribution in [0.15, 0.2) is 24.8 Å². The van der Waals surface area contributed by atoms with Gasteiger partial charge < -0.3 is 10.4 Å². The fourth-order valence-electron chi connectivity index (χ4n) is 1.50. The zero-order chi connectivity index (χ0) is 11.9. The van der Waals surface area contributed by atoms with Crippen molar-refractivity contribution in [2.45, 2.75) is 19.6 Å². The lowest BCUT2D eigenvalue weighted by atomic mass is 10.3. The molecule has 92 valence electrons. The molecule has 7 heteroatoms. The molecule has 0 fully saturated rings. The van der Waals surface area contributed by atoms with Crippen LogP contribution >= 0.6 is 0 Å². The van der Waals surface area contributed by atoms with Crippen molar-refractivity contribution in [2.24, 2.45) is 0 Å². The van der Waals surface area contributed by atoms with Gasteiger partial charge in [0.1, 0.15) is 0 Å². The third-order valence-corrected chi connectivity index (χ3v) is 2.33. The Morgan fingerprint density at radius 1 is 1.29 bits per heavy atom. The lowest BCUT2D eigenvalue weighted by molar-refractivity contribution is 0.269. The Hall–Kier alpha value is -1.73. The van der Waals surface area contributed by atoms with E-state index >= 15 is 0 Å². The Labute approximate surface area is 99.1 Å². The molecule has 2 rings (SSSR count). The fourth-order valence-corrected chi connectivity index (χ4v) is 1.50. The van der Waals surface area contributed by atoms with Crippen molar-refractivity contribution in [1.29, 1.82) is 0 Å². The molecule has 0 saturated carbocycles. The van der Waals surface area contributed by atoms with Crippen LogP contribution < -0.4 is 5.32 Å². The zero-order valence-electron chi connectivity index (χ0n) is 9.53. The molecule has 2 aromatic rings. The average molecular weight is 236 g/mol. The number of nitrogens with one attached hydrogen (secondary N) is 1. The van der Waals surface area contributed by atoms with Crippen molar-refractivity contribution in [3.63, 3.8) is 0 Å². The second-order valence-electron chi connectivity index (χ2n) is 3.68. The number of aliphatic hydroxyl groups excluding tert-OH is 1. The number of aliphatic hydroxyl groups is 1. The third-order valence-electron chi connectivity index (χ3n) is 2.33.